The summed E-state index contributed by atoms with van der Waals surface area (Å²) >= 11 is 1.95. The molecule has 0 spiro atoms. The first-order chi connectivity index (χ1) is 20.9. The number of nitrogens with one attached hydrogen (secondary N) is 1. The lowest BCUT2D eigenvalue weighted by Gasteiger charge is -2.40. The Morgan fingerprint density at radius 3 is 1.87 bits per heavy atom. The van der Waals surface area contributed by atoms with Gasteiger partial charge in [0.15, 0.2) is 28.3 Å². The van der Waals surface area contributed by atoms with Crippen LogP contribution in [0.3, 0.4) is 0 Å². The summed E-state index contributed by atoms with van der Waals surface area (Å²) in [6, 6.07) is 5.22. The summed E-state index contributed by atoms with van der Waals surface area (Å²) in [5.74, 6) is -3.47. The van der Waals surface area contributed by atoms with Crippen LogP contribution in [0.15, 0.2) is 24.3 Å². The average molecular weight is 814 g/mol. The third-order valence-corrected chi connectivity index (χ3v) is 22.0. The molecule has 260 valence electrons. The molecule has 6 nitrogen and oxygen atoms in total. The number of rotatable bonds is 14. The first-order valence-electron chi connectivity index (χ1n) is 15.7. The highest BCUT2D eigenvalue weighted by Gasteiger charge is 2.56. The van der Waals surface area contributed by atoms with Crippen LogP contribution in [0.25, 0.3) is 0 Å². The van der Waals surface area contributed by atoms with E-state index in [4.69, 9.17) is 13.6 Å². The highest BCUT2D eigenvalue weighted by Crippen LogP contribution is 2.51. The van der Waals surface area contributed by atoms with Crippen molar-refractivity contribution in [2.75, 3.05) is 25.0 Å². The highest BCUT2D eigenvalue weighted by molar-refractivity contribution is 14.1. The molecule has 13 heteroatoms. The molecule has 0 radical (unpaired) electrons. The first kappa shape index (κ1) is 39.3. The largest absolute Gasteiger partial charge is 0.494 e. The van der Waals surface area contributed by atoms with Gasteiger partial charge in [-0.2, -0.15) is 0 Å². The van der Waals surface area contributed by atoms with Crippen molar-refractivity contribution in [1.29, 1.82) is 0 Å². The molecule has 1 aliphatic carbocycles. The molecule has 1 fully saturated rings. The van der Waals surface area contributed by atoms with Gasteiger partial charge in [-0.3, -0.25) is 4.72 Å². The van der Waals surface area contributed by atoms with Gasteiger partial charge in [-0.15, -0.1) is 0 Å². The van der Waals surface area contributed by atoms with Gasteiger partial charge in [0.05, 0.1) is 17.5 Å². The number of anilines is 1. The summed E-state index contributed by atoms with van der Waals surface area (Å²) in [5.41, 5.74) is -0.452. The van der Waals surface area contributed by atoms with Gasteiger partial charge in [-0.1, -0.05) is 47.6 Å². The Bertz CT molecular complexity index is 1490. The molecule has 2 aromatic rings. The van der Waals surface area contributed by atoms with E-state index < -0.39 is 48.9 Å². The summed E-state index contributed by atoms with van der Waals surface area (Å²) in [4.78, 5) is 0. The summed E-state index contributed by atoms with van der Waals surface area (Å²) in [7, 11) is -7.21. The standard InChI is InChI=1S/C33H51F3INO5SSi2/c1-31(2,3)45(8,9)42-20-22(21-43-46(10,11)32(4,5)6)19-33(14-15-33)44(39,40)38-30-25(29(36)27(35)18-28(30)41-7)16-23-12-13-24(37)17-26(23)34/h12-13,17-18,22,38H,14-16,19-21H2,1-11H3. The molecule has 2 aromatic carbocycles. The summed E-state index contributed by atoms with van der Waals surface area (Å²) in [6.07, 6.45) is 0.688. The number of methoxy groups -OCH3 is 1. The summed E-state index contributed by atoms with van der Waals surface area (Å²) in [5, 5.41) is -0.0578. The van der Waals surface area contributed by atoms with Crippen LogP contribution in [0.2, 0.25) is 36.3 Å². The van der Waals surface area contributed by atoms with Crippen molar-refractivity contribution in [2.45, 2.75) is 108 Å². The quantitative estimate of drug-likeness (QED) is 0.152. The van der Waals surface area contributed by atoms with E-state index in [2.05, 4.69) is 72.5 Å². The van der Waals surface area contributed by atoms with Crippen molar-refractivity contribution in [2.24, 2.45) is 5.92 Å². The molecule has 1 N–H and O–H groups in total. The van der Waals surface area contributed by atoms with E-state index in [0.29, 0.717) is 29.6 Å². The van der Waals surface area contributed by atoms with Gasteiger partial charge >= 0.3 is 0 Å². The first-order valence-corrected chi connectivity index (χ1v) is 24.0. The Morgan fingerprint density at radius 1 is 0.913 bits per heavy atom. The lowest BCUT2D eigenvalue weighted by atomic mass is 10.0. The number of ether oxygens (including phenoxy) is 1. The lowest BCUT2D eigenvalue weighted by Crippen LogP contribution is -2.45. The van der Waals surface area contributed by atoms with Gasteiger partial charge in [0.25, 0.3) is 0 Å². The average Bonchev–Trinajstić information content (AvgIpc) is 3.71. The molecule has 0 unspecified atom stereocenters. The molecular formula is C33H51F3INO5SSi2. The van der Waals surface area contributed by atoms with Crippen molar-refractivity contribution < 1.29 is 35.2 Å². The molecule has 1 saturated carbocycles. The second-order valence-corrected chi connectivity index (χ2v) is 28.6. The number of hydrogen-bond donors (Lipinski definition) is 1. The molecule has 1 aliphatic rings. The molecule has 0 aliphatic heterocycles. The second kappa shape index (κ2) is 14.0. The smallest absolute Gasteiger partial charge is 0.238 e. The van der Waals surface area contributed by atoms with E-state index in [0.717, 1.165) is 6.07 Å². The molecule has 0 atom stereocenters. The van der Waals surface area contributed by atoms with E-state index in [1.54, 1.807) is 6.07 Å². The van der Waals surface area contributed by atoms with Crippen LogP contribution in [0.1, 0.15) is 71.9 Å². The number of hydrogen-bond acceptors (Lipinski definition) is 5. The van der Waals surface area contributed by atoms with E-state index in [9.17, 15) is 17.2 Å². The van der Waals surface area contributed by atoms with Crippen LogP contribution in [-0.4, -0.2) is 50.1 Å². The Morgan fingerprint density at radius 2 is 1.43 bits per heavy atom. The summed E-state index contributed by atoms with van der Waals surface area (Å²) in [6.45, 7) is 22.3. The molecule has 3 rings (SSSR count). The van der Waals surface area contributed by atoms with Crippen LogP contribution >= 0.6 is 22.6 Å². The lowest BCUT2D eigenvalue weighted by molar-refractivity contribution is 0.148. The van der Waals surface area contributed by atoms with Crippen LogP contribution in [0.5, 0.6) is 5.75 Å². The molecule has 0 aromatic heterocycles. The van der Waals surface area contributed by atoms with Crippen LogP contribution in [0, 0.1) is 26.9 Å². The zero-order chi connectivity index (χ0) is 35.1. The van der Waals surface area contributed by atoms with E-state index in [1.807, 2.05) is 22.6 Å². The van der Waals surface area contributed by atoms with E-state index >= 15 is 4.39 Å². The zero-order valence-corrected chi connectivity index (χ0v) is 34.1. The van der Waals surface area contributed by atoms with Gasteiger partial charge in [0.1, 0.15) is 11.6 Å². The van der Waals surface area contributed by atoms with Gasteiger partial charge in [-0.25, -0.2) is 21.6 Å². The Balaban J connectivity index is 1.98. The highest BCUT2D eigenvalue weighted by atomic mass is 127. The van der Waals surface area contributed by atoms with Crippen LogP contribution < -0.4 is 9.46 Å². The Hall–Kier alpha value is -1.14. The van der Waals surface area contributed by atoms with Gasteiger partial charge < -0.3 is 13.6 Å². The number of benzene rings is 2. The molecule has 0 bridgehead atoms. The molecule has 0 heterocycles. The number of sulfonamides is 1. The third-order valence-electron chi connectivity index (χ3n) is 10.1. The molecule has 46 heavy (non-hydrogen) atoms. The normalized spacial score (nSPS) is 15.7. The molecule has 0 amide bonds. The maximum atomic E-state index is 15.4. The monoisotopic (exact) mass is 813 g/mol. The Labute approximate surface area is 290 Å². The maximum absolute atomic E-state index is 15.4. The zero-order valence-electron chi connectivity index (χ0n) is 29.1. The minimum atomic E-state index is -4.16. The van der Waals surface area contributed by atoms with Crippen molar-refractivity contribution in [3.63, 3.8) is 0 Å². The number of halogens is 4. The minimum absolute atomic E-state index is 0.0289. The molecule has 0 saturated heterocycles. The van der Waals surface area contributed by atoms with Gasteiger partial charge in [0, 0.05) is 40.8 Å². The SMILES string of the molecule is COc1cc(F)c(F)c(Cc2ccc(I)cc2F)c1NS(=O)(=O)C1(CC(CO[Si](C)(C)C(C)(C)C)CO[Si](C)(C)C(C)(C)C)CC1. The fourth-order valence-electron chi connectivity index (χ4n) is 4.69. The minimum Gasteiger partial charge on any atom is -0.494 e. The Kier molecular flexibility index (Phi) is 12.0. The third kappa shape index (κ3) is 8.90. The van der Waals surface area contributed by atoms with E-state index in [1.165, 1.54) is 19.2 Å². The van der Waals surface area contributed by atoms with E-state index in [-0.39, 0.29) is 51.4 Å². The van der Waals surface area contributed by atoms with Crippen molar-refractivity contribution >= 4 is 54.9 Å². The maximum Gasteiger partial charge on any atom is 0.238 e. The second-order valence-electron chi connectivity index (χ2n) is 15.6. The van der Waals surface area contributed by atoms with Gasteiger partial charge in [-0.05, 0) is 95.8 Å². The predicted molar refractivity (Wildman–Crippen MR) is 194 cm³/mol. The predicted octanol–water partition coefficient (Wildman–Crippen LogP) is 9.63. The van der Waals surface area contributed by atoms with Crippen LogP contribution in [0.4, 0.5) is 18.9 Å². The fraction of sp³-hybridized carbons (Fsp3) is 0.636. The van der Waals surface area contributed by atoms with Crippen molar-refractivity contribution in [1.82, 2.24) is 0 Å². The van der Waals surface area contributed by atoms with Crippen molar-refractivity contribution in [3.8, 4) is 5.75 Å². The van der Waals surface area contributed by atoms with Crippen molar-refractivity contribution in [3.05, 3.63) is 56.4 Å². The topological polar surface area (TPSA) is 73.9 Å². The molecular weight excluding hydrogens is 763 g/mol. The summed E-state index contributed by atoms with van der Waals surface area (Å²) < 4.78 is 93.9. The van der Waals surface area contributed by atoms with Gasteiger partial charge in [0.2, 0.25) is 10.0 Å². The van der Waals surface area contributed by atoms with Crippen LogP contribution in [-0.2, 0) is 25.3 Å². The fourth-order valence-corrected chi connectivity index (χ4v) is 9.12.